The molecule has 8 heavy (non-hydrogen) atoms. The minimum absolute atomic E-state index is 0.0463. The SMILES string of the molecule is OS[C@H]1C[C@H](O)CN1. The molecule has 0 saturated carbocycles. The van der Waals surface area contributed by atoms with E-state index < -0.39 is 0 Å². The third-order valence-corrected chi connectivity index (χ3v) is 1.81. The molecule has 0 aliphatic carbocycles. The van der Waals surface area contributed by atoms with Gasteiger partial charge in [0.05, 0.1) is 11.5 Å². The zero-order valence-electron chi connectivity index (χ0n) is 4.37. The Labute approximate surface area is 52.3 Å². The van der Waals surface area contributed by atoms with Crippen LogP contribution in [0.25, 0.3) is 0 Å². The zero-order valence-corrected chi connectivity index (χ0v) is 5.19. The molecule has 0 radical (unpaired) electrons. The Balaban J connectivity index is 2.22. The lowest BCUT2D eigenvalue weighted by Crippen LogP contribution is -2.17. The van der Waals surface area contributed by atoms with E-state index in [1.807, 2.05) is 0 Å². The van der Waals surface area contributed by atoms with Crippen molar-refractivity contribution in [2.45, 2.75) is 17.9 Å². The summed E-state index contributed by atoms with van der Waals surface area (Å²) >= 11 is 0.765. The van der Waals surface area contributed by atoms with Crippen molar-refractivity contribution in [3.63, 3.8) is 0 Å². The maximum atomic E-state index is 8.84. The highest BCUT2D eigenvalue weighted by atomic mass is 32.2. The van der Waals surface area contributed by atoms with Crippen molar-refractivity contribution in [3.8, 4) is 0 Å². The molecular weight excluding hydrogens is 126 g/mol. The molecule has 0 unspecified atom stereocenters. The van der Waals surface area contributed by atoms with Crippen molar-refractivity contribution in [1.29, 1.82) is 0 Å². The van der Waals surface area contributed by atoms with Gasteiger partial charge in [0.25, 0.3) is 0 Å². The lowest BCUT2D eigenvalue weighted by atomic mass is 10.3. The van der Waals surface area contributed by atoms with Crippen LogP contribution in [0.4, 0.5) is 0 Å². The first kappa shape index (κ1) is 6.35. The summed E-state index contributed by atoms with van der Waals surface area (Å²) in [5.41, 5.74) is 0. The van der Waals surface area contributed by atoms with E-state index in [1.54, 1.807) is 0 Å². The molecule has 3 N–H and O–H groups in total. The fourth-order valence-electron chi connectivity index (χ4n) is 0.762. The third kappa shape index (κ3) is 1.35. The highest BCUT2D eigenvalue weighted by Gasteiger charge is 2.21. The van der Waals surface area contributed by atoms with Crippen molar-refractivity contribution in [2.75, 3.05) is 6.54 Å². The topological polar surface area (TPSA) is 52.5 Å². The largest absolute Gasteiger partial charge is 0.392 e. The van der Waals surface area contributed by atoms with Gasteiger partial charge in [0, 0.05) is 25.0 Å². The molecule has 4 heteroatoms. The Kier molecular flexibility index (Phi) is 2.13. The molecule has 1 saturated heterocycles. The van der Waals surface area contributed by atoms with E-state index in [0.717, 1.165) is 12.0 Å². The van der Waals surface area contributed by atoms with E-state index >= 15 is 0 Å². The van der Waals surface area contributed by atoms with Gasteiger partial charge in [-0.3, -0.25) is 0 Å². The van der Waals surface area contributed by atoms with Crippen LogP contribution in [-0.2, 0) is 0 Å². The van der Waals surface area contributed by atoms with Crippen LogP contribution >= 0.6 is 12.0 Å². The number of β-amino-alcohol motifs (C(OH)–C–C–N with tert-alkyl or cyclic N) is 1. The molecule has 0 aromatic carbocycles. The zero-order chi connectivity index (χ0) is 5.98. The van der Waals surface area contributed by atoms with Crippen molar-refractivity contribution in [2.24, 2.45) is 0 Å². The third-order valence-electron chi connectivity index (χ3n) is 1.19. The number of hydrogen-bond acceptors (Lipinski definition) is 4. The van der Waals surface area contributed by atoms with E-state index in [1.165, 1.54) is 0 Å². The fourth-order valence-corrected chi connectivity index (χ4v) is 1.24. The van der Waals surface area contributed by atoms with Crippen LogP contribution in [0.3, 0.4) is 0 Å². The Hall–Kier alpha value is 0.230. The minimum atomic E-state index is -0.264. The van der Waals surface area contributed by atoms with Crippen molar-refractivity contribution < 1.29 is 9.66 Å². The van der Waals surface area contributed by atoms with Gasteiger partial charge in [0.1, 0.15) is 0 Å². The average Bonchev–Trinajstić information content (AvgIpc) is 2.14. The average molecular weight is 135 g/mol. The van der Waals surface area contributed by atoms with E-state index in [-0.39, 0.29) is 11.5 Å². The first-order valence-corrected chi connectivity index (χ1v) is 3.38. The van der Waals surface area contributed by atoms with Crippen molar-refractivity contribution in [1.82, 2.24) is 5.32 Å². The second kappa shape index (κ2) is 2.68. The molecule has 2 atom stereocenters. The fraction of sp³-hybridized carbons (Fsp3) is 1.00. The Morgan fingerprint density at radius 3 is 2.62 bits per heavy atom. The van der Waals surface area contributed by atoms with Crippen LogP contribution in [0, 0.1) is 0 Å². The monoisotopic (exact) mass is 135 g/mol. The molecule has 1 fully saturated rings. The van der Waals surface area contributed by atoms with E-state index in [9.17, 15) is 0 Å². The van der Waals surface area contributed by atoms with Gasteiger partial charge in [-0.25, -0.2) is 0 Å². The molecule has 0 spiro atoms. The van der Waals surface area contributed by atoms with Gasteiger partial charge in [-0.1, -0.05) is 0 Å². The summed E-state index contributed by atoms with van der Waals surface area (Å²) in [5, 5.41) is 11.8. The molecule has 1 heterocycles. The highest BCUT2D eigenvalue weighted by Crippen LogP contribution is 2.14. The summed E-state index contributed by atoms with van der Waals surface area (Å²) < 4.78 is 8.43. The summed E-state index contributed by atoms with van der Waals surface area (Å²) in [4.78, 5) is 0. The lowest BCUT2D eigenvalue weighted by Gasteiger charge is -2.00. The van der Waals surface area contributed by atoms with Gasteiger partial charge in [-0.15, -0.1) is 0 Å². The maximum absolute atomic E-state index is 8.84. The van der Waals surface area contributed by atoms with Crippen LogP contribution in [-0.4, -0.2) is 27.7 Å². The number of aliphatic hydroxyl groups is 1. The van der Waals surface area contributed by atoms with Gasteiger partial charge >= 0.3 is 0 Å². The van der Waals surface area contributed by atoms with Crippen LogP contribution in [0.1, 0.15) is 6.42 Å². The summed E-state index contributed by atoms with van der Waals surface area (Å²) in [6.07, 6.45) is 0.390. The lowest BCUT2D eigenvalue weighted by molar-refractivity contribution is 0.195. The highest BCUT2D eigenvalue weighted by molar-refractivity contribution is 7.94. The van der Waals surface area contributed by atoms with Crippen molar-refractivity contribution >= 4 is 12.0 Å². The molecule has 0 aromatic rings. The van der Waals surface area contributed by atoms with Gasteiger partial charge in [-0.2, -0.15) is 0 Å². The van der Waals surface area contributed by atoms with Crippen LogP contribution in [0.15, 0.2) is 0 Å². The first-order valence-electron chi connectivity index (χ1n) is 2.54. The second-order valence-corrected chi connectivity index (χ2v) is 2.67. The molecule has 0 bridgehead atoms. The maximum Gasteiger partial charge on any atom is 0.0822 e. The summed E-state index contributed by atoms with van der Waals surface area (Å²) in [5.74, 6) is 0. The Morgan fingerprint density at radius 2 is 2.38 bits per heavy atom. The smallest absolute Gasteiger partial charge is 0.0822 e. The van der Waals surface area contributed by atoms with E-state index in [2.05, 4.69) is 5.32 Å². The standard InChI is InChI=1S/C4H9NO2S/c6-3-1-4(8-7)5-2-3/h3-7H,1-2H2/t3-,4-/m0/s1. The molecule has 3 nitrogen and oxygen atoms in total. The van der Waals surface area contributed by atoms with Gasteiger partial charge < -0.3 is 15.0 Å². The van der Waals surface area contributed by atoms with E-state index in [0.29, 0.717) is 13.0 Å². The molecule has 0 amide bonds. The molecule has 1 rings (SSSR count). The van der Waals surface area contributed by atoms with Crippen LogP contribution in [0.5, 0.6) is 0 Å². The molecule has 1 aliphatic heterocycles. The summed E-state index contributed by atoms with van der Waals surface area (Å²) in [6, 6.07) is 0. The van der Waals surface area contributed by atoms with Gasteiger partial charge in [0.2, 0.25) is 0 Å². The molecule has 0 aromatic heterocycles. The summed E-state index contributed by atoms with van der Waals surface area (Å²) in [7, 11) is 0. The number of nitrogens with one attached hydrogen (secondary N) is 1. The van der Waals surface area contributed by atoms with Crippen LogP contribution < -0.4 is 5.32 Å². The molecule has 1 aliphatic rings. The normalized spacial score (nSPS) is 38.2. The number of hydrogen-bond donors (Lipinski definition) is 3. The van der Waals surface area contributed by atoms with Crippen LogP contribution in [0.2, 0.25) is 0 Å². The Bertz CT molecular complexity index is 80.4. The van der Waals surface area contributed by atoms with Gasteiger partial charge in [-0.05, 0) is 0 Å². The minimum Gasteiger partial charge on any atom is -0.392 e. The second-order valence-electron chi connectivity index (χ2n) is 1.89. The predicted molar refractivity (Wildman–Crippen MR) is 32.6 cm³/mol. The predicted octanol–water partition coefficient (Wildman–Crippen LogP) is -0.127. The quantitative estimate of drug-likeness (QED) is 0.438. The number of rotatable bonds is 1. The van der Waals surface area contributed by atoms with Crippen molar-refractivity contribution in [3.05, 3.63) is 0 Å². The summed E-state index contributed by atoms with van der Waals surface area (Å²) in [6.45, 7) is 0.609. The molecular formula is C4H9NO2S. The number of aliphatic hydroxyl groups excluding tert-OH is 1. The first-order chi connectivity index (χ1) is 3.83. The van der Waals surface area contributed by atoms with E-state index in [4.69, 9.17) is 9.66 Å². The van der Waals surface area contributed by atoms with Gasteiger partial charge in [0.15, 0.2) is 0 Å². The molecule has 48 valence electrons. The Morgan fingerprint density at radius 1 is 1.62 bits per heavy atom.